The number of likely N-dealkylation sites (tertiary alicyclic amines) is 1. The summed E-state index contributed by atoms with van der Waals surface area (Å²) < 4.78 is 0. The Kier molecular flexibility index (Phi) is 7.73. The van der Waals surface area contributed by atoms with Crippen LogP contribution in [-0.2, 0) is 16.0 Å². The zero-order valence-electron chi connectivity index (χ0n) is 19.0. The van der Waals surface area contributed by atoms with Crippen molar-refractivity contribution in [2.75, 3.05) is 13.6 Å². The number of nitrogens with one attached hydrogen (secondary N) is 3. The molecule has 1 aliphatic rings. The molecule has 4 atom stereocenters. The van der Waals surface area contributed by atoms with Crippen molar-refractivity contribution in [2.45, 2.75) is 70.7 Å². The Balaban J connectivity index is 1.77. The first-order chi connectivity index (χ1) is 14.9. The minimum atomic E-state index is -0.615. The lowest BCUT2D eigenvalue weighted by molar-refractivity contribution is -0.139. The number of hydrogen-bond acceptors (Lipinski definition) is 4. The second-order valence-corrected chi connectivity index (χ2v) is 8.88. The fourth-order valence-electron chi connectivity index (χ4n) is 4.52. The number of nitrogens with zero attached hydrogens (tertiary/aromatic N) is 1. The molecule has 7 nitrogen and oxygen atoms in total. The average Bonchev–Trinajstić information content (AvgIpc) is 3.33. The van der Waals surface area contributed by atoms with Crippen LogP contribution < -0.4 is 10.6 Å². The Morgan fingerprint density at radius 1 is 1.29 bits per heavy atom. The molecule has 170 valence electrons. The van der Waals surface area contributed by atoms with Gasteiger partial charge in [0.05, 0.1) is 18.2 Å². The van der Waals surface area contributed by atoms with E-state index in [4.69, 9.17) is 0 Å². The average molecular weight is 429 g/mol. The lowest BCUT2D eigenvalue weighted by Gasteiger charge is -2.32. The third kappa shape index (κ3) is 5.10. The van der Waals surface area contributed by atoms with Crippen LogP contribution in [0.5, 0.6) is 0 Å². The summed E-state index contributed by atoms with van der Waals surface area (Å²) in [6.07, 6.45) is 4.10. The van der Waals surface area contributed by atoms with Crippen molar-refractivity contribution in [3.8, 4) is 0 Å². The highest BCUT2D eigenvalue weighted by atomic mass is 16.3. The molecule has 1 aromatic carbocycles. The van der Waals surface area contributed by atoms with Gasteiger partial charge < -0.3 is 25.6 Å². The summed E-state index contributed by atoms with van der Waals surface area (Å²) in [6, 6.07) is 6.81. The van der Waals surface area contributed by atoms with Crippen LogP contribution in [0, 0.1) is 5.92 Å². The number of aliphatic hydroxyl groups excluding tert-OH is 1. The van der Waals surface area contributed by atoms with Gasteiger partial charge in [0.15, 0.2) is 0 Å². The van der Waals surface area contributed by atoms with Gasteiger partial charge in [0.25, 0.3) is 0 Å². The minimum Gasteiger partial charge on any atom is -0.391 e. The third-order valence-electron chi connectivity index (χ3n) is 6.37. The van der Waals surface area contributed by atoms with Crippen molar-refractivity contribution in [1.82, 2.24) is 20.5 Å². The lowest BCUT2D eigenvalue weighted by atomic mass is 9.98. The van der Waals surface area contributed by atoms with E-state index in [-0.39, 0.29) is 29.8 Å². The number of amides is 2. The van der Waals surface area contributed by atoms with Gasteiger partial charge >= 0.3 is 0 Å². The molecule has 1 aliphatic heterocycles. The van der Waals surface area contributed by atoms with Gasteiger partial charge in [0.1, 0.15) is 6.04 Å². The van der Waals surface area contributed by atoms with Crippen LogP contribution in [0.15, 0.2) is 30.5 Å². The predicted octanol–water partition coefficient (Wildman–Crippen LogP) is 2.20. The standard InChI is InChI=1S/C24H36N4O3/c1-5-8-19(25-4)23(30)27-22(15(2)3)24(31)28-12-11-21(29)20(28)13-16-14-26-18-10-7-6-9-17(16)18/h6-7,9-10,14-15,19-22,25-26,29H,5,8,11-13H2,1-4H3,(H,27,30)/t19-,20-,21?,22-/m0/s1. The molecule has 1 unspecified atom stereocenters. The number of fused-ring (bicyclic) bond motifs is 1. The smallest absolute Gasteiger partial charge is 0.245 e. The maximum absolute atomic E-state index is 13.5. The molecule has 7 heteroatoms. The van der Waals surface area contributed by atoms with Crippen LogP contribution in [0.25, 0.3) is 10.9 Å². The summed E-state index contributed by atoms with van der Waals surface area (Å²) in [5, 5.41) is 17.8. The first-order valence-corrected chi connectivity index (χ1v) is 11.4. The van der Waals surface area contributed by atoms with E-state index in [9.17, 15) is 14.7 Å². The summed E-state index contributed by atoms with van der Waals surface area (Å²) in [4.78, 5) is 31.3. The molecule has 2 amide bonds. The van der Waals surface area contributed by atoms with Gasteiger partial charge in [-0.05, 0) is 43.9 Å². The molecule has 0 bridgehead atoms. The van der Waals surface area contributed by atoms with Crippen LogP contribution in [0.1, 0.15) is 45.6 Å². The molecule has 1 saturated heterocycles. The number of carbonyl (C=O) groups is 2. The van der Waals surface area contributed by atoms with Gasteiger partial charge in [-0.25, -0.2) is 0 Å². The number of aliphatic hydroxyl groups is 1. The second kappa shape index (κ2) is 10.3. The second-order valence-electron chi connectivity index (χ2n) is 8.88. The van der Waals surface area contributed by atoms with Gasteiger partial charge in [-0.15, -0.1) is 0 Å². The van der Waals surface area contributed by atoms with E-state index in [1.165, 1.54) is 0 Å². The maximum atomic E-state index is 13.5. The Hall–Kier alpha value is -2.38. The number of carbonyl (C=O) groups excluding carboxylic acids is 2. The van der Waals surface area contributed by atoms with E-state index in [1.807, 2.05) is 45.2 Å². The largest absolute Gasteiger partial charge is 0.391 e. The third-order valence-corrected chi connectivity index (χ3v) is 6.37. The van der Waals surface area contributed by atoms with Crippen LogP contribution >= 0.6 is 0 Å². The number of rotatable bonds is 9. The van der Waals surface area contributed by atoms with E-state index >= 15 is 0 Å². The first-order valence-electron chi connectivity index (χ1n) is 11.4. The van der Waals surface area contributed by atoms with Crippen molar-refractivity contribution in [3.05, 3.63) is 36.0 Å². The zero-order chi connectivity index (χ0) is 22.5. The normalized spacial score (nSPS) is 20.9. The van der Waals surface area contributed by atoms with Crippen molar-refractivity contribution in [2.24, 2.45) is 5.92 Å². The molecule has 2 heterocycles. The molecule has 31 heavy (non-hydrogen) atoms. The summed E-state index contributed by atoms with van der Waals surface area (Å²) in [5.41, 5.74) is 2.13. The van der Waals surface area contributed by atoms with Gasteiger partial charge in [-0.3, -0.25) is 9.59 Å². The zero-order valence-corrected chi connectivity index (χ0v) is 19.0. The number of aromatic amines is 1. The van der Waals surface area contributed by atoms with Crippen molar-refractivity contribution in [3.63, 3.8) is 0 Å². The highest BCUT2D eigenvalue weighted by Gasteiger charge is 2.40. The van der Waals surface area contributed by atoms with Crippen molar-refractivity contribution >= 4 is 22.7 Å². The van der Waals surface area contributed by atoms with Crippen LogP contribution in [-0.4, -0.2) is 64.6 Å². The van der Waals surface area contributed by atoms with Gasteiger partial charge in [0.2, 0.25) is 11.8 Å². The highest BCUT2D eigenvalue weighted by molar-refractivity contribution is 5.90. The Morgan fingerprint density at radius 2 is 2.03 bits per heavy atom. The molecule has 0 radical (unpaired) electrons. The molecule has 0 spiro atoms. The highest BCUT2D eigenvalue weighted by Crippen LogP contribution is 2.27. The number of benzene rings is 1. The Bertz CT molecular complexity index is 894. The van der Waals surface area contributed by atoms with E-state index in [2.05, 4.69) is 21.7 Å². The number of likely N-dealkylation sites (N-methyl/N-ethyl adjacent to an activating group) is 1. The number of hydrogen-bond donors (Lipinski definition) is 4. The van der Waals surface area contributed by atoms with Crippen LogP contribution in [0.4, 0.5) is 0 Å². The van der Waals surface area contributed by atoms with Gasteiger partial charge in [-0.1, -0.05) is 45.4 Å². The van der Waals surface area contributed by atoms with E-state index < -0.39 is 12.1 Å². The van der Waals surface area contributed by atoms with Crippen LogP contribution in [0.3, 0.4) is 0 Å². The van der Waals surface area contributed by atoms with E-state index in [1.54, 1.807) is 11.9 Å². The fraction of sp³-hybridized carbons (Fsp3) is 0.583. The monoisotopic (exact) mass is 428 g/mol. The fourth-order valence-corrected chi connectivity index (χ4v) is 4.52. The maximum Gasteiger partial charge on any atom is 0.245 e. The molecule has 3 rings (SSSR count). The molecule has 4 N–H and O–H groups in total. The molecule has 1 aromatic heterocycles. The van der Waals surface area contributed by atoms with Gasteiger partial charge in [0, 0.05) is 23.6 Å². The Morgan fingerprint density at radius 3 is 2.71 bits per heavy atom. The first kappa shape index (κ1) is 23.3. The van der Waals surface area contributed by atoms with Crippen molar-refractivity contribution in [1.29, 1.82) is 0 Å². The number of H-pyrrole nitrogens is 1. The quantitative estimate of drug-likeness (QED) is 0.492. The van der Waals surface area contributed by atoms with E-state index in [0.29, 0.717) is 25.8 Å². The molecule has 2 aromatic rings. The van der Waals surface area contributed by atoms with Gasteiger partial charge in [-0.2, -0.15) is 0 Å². The molecule has 0 saturated carbocycles. The van der Waals surface area contributed by atoms with E-state index in [0.717, 1.165) is 22.9 Å². The molecule has 1 fully saturated rings. The molecule has 0 aliphatic carbocycles. The summed E-state index contributed by atoms with van der Waals surface area (Å²) in [5.74, 6) is -0.317. The van der Waals surface area contributed by atoms with Crippen molar-refractivity contribution < 1.29 is 14.7 Å². The number of aromatic nitrogens is 1. The topological polar surface area (TPSA) is 97.5 Å². The summed E-state index contributed by atoms with van der Waals surface area (Å²) >= 11 is 0. The summed E-state index contributed by atoms with van der Waals surface area (Å²) in [6.45, 7) is 6.41. The molecular weight excluding hydrogens is 392 g/mol. The predicted molar refractivity (Wildman–Crippen MR) is 123 cm³/mol. The Labute approximate surface area is 184 Å². The van der Waals surface area contributed by atoms with Crippen LogP contribution in [0.2, 0.25) is 0 Å². The minimum absolute atomic E-state index is 0.0536. The number of para-hydroxylation sites is 1. The SMILES string of the molecule is CCC[C@H](NC)C(=O)N[C@H](C(=O)N1CCC(O)[C@@H]1Cc1c[nH]c2ccccc12)C(C)C. The lowest BCUT2D eigenvalue weighted by Crippen LogP contribution is -2.56. The summed E-state index contributed by atoms with van der Waals surface area (Å²) in [7, 11) is 1.76. The molecular formula is C24H36N4O3.